The maximum atomic E-state index is 13.3. The van der Waals surface area contributed by atoms with Crippen LogP contribution in [0.1, 0.15) is 52.9 Å². The van der Waals surface area contributed by atoms with E-state index in [1.807, 2.05) is 21.0 Å². The van der Waals surface area contributed by atoms with Crippen LogP contribution >= 0.6 is 11.8 Å². The molecule has 29 heavy (non-hydrogen) atoms. The molecule has 2 atom stereocenters. The summed E-state index contributed by atoms with van der Waals surface area (Å²) in [4.78, 5) is 42.8. The average Bonchev–Trinajstić information content (AvgIpc) is 3.39. The number of nitrogens with two attached hydrogens (primary N) is 1. The Kier molecular flexibility index (Phi) is 8.98. The van der Waals surface area contributed by atoms with Crippen LogP contribution < -0.4 is 5.73 Å². The molecule has 1 aliphatic rings. The van der Waals surface area contributed by atoms with Crippen molar-refractivity contribution < 1.29 is 19.5 Å². The summed E-state index contributed by atoms with van der Waals surface area (Å²) in [5.41, 5.74) is 4.41. The van der Waals surface area contributed by atoms with E-state index in [-0.39, 0.29) is 23.8 Å². The van der Waals surface area contributed by atoms with E-state index in [0.29, 0.717) is 18.6 Å². The minimum Gasteiger partial charge on any atom is -0.390 e. The lowest BCUT2D eigenvalue weighted by molar-refractivity contribution is -0.145. The first-order chi connectivity index (χ1) is 13.3. The summed E-state index contributed by atoms with van der Waals surface area (Å²) >= 11 is 1.42. The molecule has 0 bridgehead atoms. The third kappa shape index (κ3) is 7.15. The van der Waals surface area contributed by atoms with Crippen LogP contribution in [0.25, 0.3) is 0 Å². The van der Waals surface area contributed by atoms with Crippen molar-refractivity contribution in [1.82, 2.24) is 14.7 Å². The molecule has 0 spiro atoms. The Labute approximate surface area is 179 Å². The zero-order valence-electron chi connectivity index (χ0n) is 18.9. The Balaban J connectivity index is 3.06. The van der Waals surface area contributed by atoms with Crippen molar-refractivity contribution in [2.45, 2.75) is 75.4 Å². The monoisotopic (exact) mass is 430 g/mol. The second-order valence-electron chi connectivity index (χ2n) is 8.92. The van der Waals surface area contributed by atoms with Gasteiger partial charge in [-0.25, -0.2) is 0 Å². The van der Waals surface area contributed by atoms with E-state index in [0.717, 1.165) is 12.8 Å². The van der Waals surface area contributed by atoms with Gasteiger partial charge in [-0.05, 0) is 47.2 Å². The van der Waals surface area contributed by atoms with Crippen molar-refractivity contribution in [2.75, 3.05) is 33.9 Å². The second-order valence-corrected chi connectivity index (χ2v) is 9.99. The number of likely N-dealkylation sites (N-methyl/N-ethyl adjacent to an activating group) is 2. The summed E-state index contributed by atoms with van der Waals surface area (Å²) < 4.78 is 0. The van der Waals surface area contributed by atoms with Gasteiger partial charge in [-0.1, -0.05) is 6.92 Å². The summed E-state index contributed by atoms with van der Waals surface area (Å²) in [6, 6.07) is -0.955. The lowest BCUT2D eigenvalue weighted by atomic mass is 9.97. The number of primary amides is 1. The van der Waals surface area contributed by atoms with E-state index >= 15 is 0 Å². The Bertz CT molecular complexity index is 602. The molecule has 3 N–H and O–H groups in total. The Morgan fingerprint density at radius 3 is 2.07 bits per heavy atom. The number of carbonyl (C=O) groups is 3. The first-order valence-electron chi connectivity index (χ1n) is 10.1. The number of rotatable bonds is 12. The van der Waals surface area contributed by atoms with E-state index in [1.54, 1.807) is 20.9 Å². The molecular formula is C20H38N4O4S. The second kappa shape index (κ2) is 10.1. The molecule has 1 aliphatic carbocycles. The van der Waals surface area contributed by atoms with Crippen molar-refractivity contribution in [3.05, 3.63) is 0 Å². The van der Waals surface area contributed by atoms with Gasteiger partial charge in [0, 0.05) is 38.2 Å². The highest BCUT2D eigenvalue weighted by Crippen LogP contribution is 2.43. The van der Waals surface area contributed by atoms with Gasteiger partial charge in [0.15, 0.2) is 5.37 Å². The van der Waals surface area contributed by atoms with Crippen molar-refractivity contribution in [3.63, 3.8) is 0 Å². The van der Waals surface area contributed by atoms with E-state index < -0.39 is 22.9 Å². The van der Waals surface area contributed by atoms with Crippen LogP contribution in [0.3, 0.4) is 0 Å². The van der Waals surface area contributed by atoms with Gasteiger partial charge in [0.2, 0.25) is 11.8 Å². The molecule has 3 amide bonds. The fraction of sp³-hybridized carbons (Fsp3) is 0.850. The molecule has 0 heterocycles. The van der Waals surface area contributed by atoms with Gasteiger partial charge in [-0.3, -0.25) is 14.4 Å². The minimum absolute atomic E-state index is 0.0240. The topological polar surface area (TPSA) is 107 Å². The summed E-state index contributed by atoms with van der Waals surface area (Å²) in [7, 11) is 7.18. The molecule has 8 nitrogen and oxygen atoms in total. The van der Waals surface area contributed by atoms with Crippen molar-refractivity contribution in [3.8, 4) is 0 Å². The van der Waals surface area contributed by atoms with E-state index in [1.165, 1.54) is 28.6 Å². The number of thioether (sulfide) groups is 1. The molecule has 1 rings (SSSR count). The lowest BCUT2D eigenvalue weighted by Gasteiger charge is -2.36. The normalized spacial score (nSPS) is 17.6. The zero-order chi connectivity index (χ0) is 22.6. The largest absolute Gasteiger partial charge is 0.390 e. The molecule has 0 aromatic heterocycles. The maximum absolute atomic E-state index is 13.3. The highest BCUT2D eigenvalue weighted by atomic mass is 32.2. The molecular weight excluding hydrogens is 392 g/mol. The number of hydrogen-bond donors (Lipinski definition) is 2. The molecule has 0 radical (unpaired) electrons. The Morgan fingerprint density at radius 1 is 1.14 bits per heavy atom. The fourth-order valence-corrected chi connectivity index (χ4v) is 4.86. The summed E-state index contributed by atoms with van der Waals surface area (Å²) in [6.07, 6.45) is 3.18. The molecule has 0 aromatic carbocycles. The quantitative estimate of drug-likeness (QED) is 0.445. The van der Waals surface area contributed by atoms with Gasteiger partial charge in [0.1, 0.15) is 6.04 Å². The van der Waals surface area contributed by atoms with Crippen molar-refractivity contribution in [1.29, 1.82) is 0 Å². The van der Waals surface area contributed by atoms with Crippen LogP contribution in [0.4, 0.5) is 0 Å². The standard InChI is InChI=1S/C20H38N4O4S/c1-8-9-15(25)24(7)18(29-13-20(10-11-20)22(4)5)17(27)23(6)14(16(21)26)12-19(2,3)28/h14,18,28H,8-13H2,1-7H3,(H2,21,26)/t14-,18?/m0/s1. The number of carbonyl (C=O) groups excluding carboxylic acids is 3. The van der Waals surface area contributed by atoms with Crippen LogP contribution in [0.15, 0.2) is 0 Å². The molecule has 0 aliphatic heterocycles. The van der Waals surface area contributed by atoms with Gasteiger partial charge in [0.05, 0.1) is 5.60 Å². The van der Waals surface area contributed by atoms with Gasteiger partial charge in [-0.2, -0.15) is 0 Å². The fourth-order valence-electron chi connectivity index (χ4n) is 3.20. The number of hydrogen-bond acceptors (Lipinski definition) is 6. The molecule has 0 saturated heterocycles. The van der Waals surface area contributed by atoms with E-state index in [9.17, 15) is 19.5 Å². The predicted molar refractivity (Wildman–Crippen MR) is 116 cm³/mol. The number of amides is 3. The predicted octanol–water partition coefficient (Wildman–Crippen LogP) is 0.872. The Hall–Kier alpha value is -1.32. The minimum atomic E-state index is -1.16. The number of aliphatic hydroxyl groups is 1. The first-order valence-corrected chi connectivity index (χ1v) is 11.1. The molecule has 168 valence electrons. The van der Waals surface area contributed by atoms with Gasteiger partial charge in [0.25, 0.3) is 5.91 Å². The summed E-state index contributed by atoms with van der Waals surface area (Å²) in [5, 5.41) is 9.38. The first kappa shape index (κ1) is 25.7. The van der Waals surface area contributed by atoms with Gasteiger partial charge >= 0.3 is 0 Å². The smallest absolute Gasteiger partial charge is 0.256 e. The van der Waals surface area contributed by atoms with E-state index in [4.69, 9.17) is 5.73 Å². The average molecular weight is 431 g/mol. The molecule has 1 fully saturated rings. The third-order valence-corrected chi connectivity index (χ3v) is 7.08. The van der Waals surface area contributed by atoms with E-state index in [2.05, 4.69) is 4.90 Å². The third-order valence-electron chi connectivity index (χ3n) is 5.54. The SMILES string of the molecule is CCCC(=O)N(C)C(SCC1(N(C)C)CC1)C(=O)N(C)[C@@H](CC(C)(C)O)C(N)=O. The van der Waals surface area contributed by atoms with Crippen LogP contribution in [0.5, 0.6) is 0 Å². The van der Waals surface area contributed by atoms with Crippen LogP contribution in [0.2, 0.25) is 0 Å². The summed E-state index contributed by atoms with van der Waals surface area (Å²) in [5.74, 6) is -0.439. The molecule has 9 heteroatoms. The highest BCUT2D eigenvalue weighted by molar-refractivity contribution is 8.00. The Morgan fingerprint density at radius 2 is 1.69 bits per heavy atom. The van der Waals surface area contributed by atoms with Crippen LogP contribution in [-0.2, 0) is 14.4 Å². The van der Waals surface area contributed by atoms with Gasteiger partial charge in [-0.15, -0.1) is 11.8 Å². The van der Waals surface area contributed by atoms with Gasteiger partial charge < -0.3 is 25.5 Å². The molecule has 0 aromatic rings. The van der Waals surface area contributed by atoms with Crippen molar-refractivity contribution >= 4 is 29.5 Å². The molecule has 1 unspecified atom stereocenters. The number of nitrogens with zero attached hydrogens (tertiary/aromatic N) is 3. The van der Waals surface area contributed by atoms with Crippen LogP contribution in [-0.4, -0.2) is 94.0 Å². The van der Waals surface area contributed by atoms with Crippen molar-refractivity contribution in [2.24, 2.45) is 5.73 Å². The molecule has 1 saturated carbocycles. The van der Waals surface area contributed by atoms with Crippen LogP contribution in [0, 0.1) is 0 Å². The zero-order valence-corrected chi connectivity index (χ0v) is 19.7. The lowest BCUT2D eigenvalue weighted by Crippen LogP contribution is -2.54. The maximum Gasteiger partial charge on any atom is 0.256 e. The summed E-state index contributed by atoms with van der Waals surface area (Å²) in [6.45, 7) is 5.05. The highest BCUT2D eigenvalue weighted by Gasteiger charge is 2.46.